The number of benzene rings is 3. The van der Waals surface area contributed by atoms with Crippen molar-refractivity contribution in [1.29, 1.82) is 0 Å². The molecule has 0 saturated carbocycles. The van der Waals surface area contributed by atoms with Crippen LogP contribution in [0.15, 0.2) is 72.8 Å². The van der Waals surface area contributed by atoms with E-state index in [1.165, 1.54) is 6.07 Å². The van der Waals surface area contributed by atoms with E-state index < -0.39 is 11.8 Å². The molecule has 0 heterocycles. The fourth-order valence-electron chi connectivity index (χ4n) is 2.85. The van der Waals surface area contributed by atoms with Crippen molar-refractivity contribution >= 4 is 23.5 Å². The van der Waals surface area contributed by atoms with Crippen molar-refractivity contribution in [2.24, 2.45) is 11.7 Å². The second-order valence-corrected chi connectivity index (χ2v) is 6.18. The normalized spacial score (nSPS) is 10.2. The summed E-state index contributed by atoms with van der Waals surface area (Å²) in [5.74, 6) is 9.16. The largest absolute Gasteiger partial charge is 0.290 e. The number of nitrogens with two attached hydrogens (primary N) is 2. The van der Waals surface area contributed by atoms with E-state index >= 15 is 0 Å². The number of carbonyl (C=O) groups is 2. The van der Waals surface area contributed by atoms with Crippen molar-refractivity contribution in [3.8, 4) is 0 Å². The van der Waals surface area contributed by atoms with Gasteiger partial charge in [0.1, 0.15) is 5.82 Å². The second kappa shape index (κ2) is 8.92. The molecule has 7 heteroatoms. The van der Waals surface area contributed by atoms with Crippen LogP contribution in [0.4, 0.5) is 4.39 Å². The smallest absolute Gasteiger partial charge is 0.265 e. The summed E-state index contributed by atoms with van der Waals surface area (Å²) in [6.45, 7) is 0. The Morgan fingerprint density at radius 3 is 1.52 bits per heavy atom. The van der Waals surface area contributed by atoms with Gasteiger partial charge in [0.05, 0.1) is 0 Å². The Hall–Kier alpha value is -3.81. The van der Waals surface area contributed by atoms with E-state index in [0.717, 1.165) is 16.7 Å². The summed E-state index contributed by atoms with van der Waals surface area (Å²) in [5, 5.41) is 0. The zero-order chi connectivity index (χ0) is 20.8. The van der Waals surface area contributed by atoms with Crippen LogP contribution < -0.4 is 22.5 Å². The van der Waals surface area contributed by atoms with Crippen LogP contribution in [0.25, 0.3) is 11.6 Å². The molecule has 0 spiro atoms. The Morgan fingerprint density at radius 1 is 0.690 bits per heavy atom. The zero-order valence-electron chi connectivity index (χ0n) is 15.4. The third kappa shape index (κ3) is 4.55. The van der Waals surface area contributed by atoms with Crippen molar-refractivity contribution < 1.29 is 14.0 Å². The molecule has 0 radical (unpaired) electrons. The molecule has 3 aromatic carbocycles. The Bertz CT molecular complexity index is 999. The highest BCUT2D eigenvalue weighted by Gasteiger charge is 2.11. The number of hydrogen-bond donors (Lipinski definition) is 4. The monoisotopic (exact) mass is 390 g/mol. The van der Waals surface area contributed by atoms with E-state index in [4.69, 9.17) is 11.7 Å². The minimum absolute atomic E-state index is 0.358. The summed E-state index contributed by atoms with van der Waals surface area (Å²) in [6.07, 6.45) is 1.71. The van der Waals surface area contributed by atoms with Gasteiger partial charge in [-0.05, 0) is 53.1 Å². The molecule has 6 nitrogen and oxygen atoms in total. The van der Waals surface area contributed by atoms with Crippen LogP contribution in [-0.2, 0) is 0 Å². The maximum atomic E-state index is 14.2. The fraction of sp³-hybridized carbons (Fsp3) is 0. The molecule has 0 bridgehead atoms. The topological polar surface area (TPSA) is 110 Å². The average molecular weight is 390 g/mol. The molecule has 0 unspecified atom stereocenters. The molecule has 0 aliphatic rings. The summed E-state index contributed by atoms with van der Waals surface area (Å²) < 4.78 is 14.2. The van der Waals surface area contributed by atoms with Crippen LogP contribution in [0.3, 0.4) is 0 Å². The minimum atomic E-state index is -0.409. The van der Waals surface area contributed by atoms with Gasteiger partial charge in [-0.3, -0.25) is 20.4 Å². The average Bonchev–Trinajstić information content (AvgIpc) is 2.78. The summed E-state index contributed by atoms with van der Waals surface area (Å²) in [6, 6.07) is 19.9. The van der Waals surface area contributed by atoms with Crippen molar-refractivity contribution in [1.82, 2.24) is 10.9 Å². The molecule has 146 valence electrons. The van der Waals surface area contributed by atoms with Crippen LogP contribution in [0.2, 0.25) is 0 Å². The molecule has 0 aliphatic heterocycles. The molecule has 0 fully saturated rings. The lowest BCUT2D eigenvalue weighted by Crippen LogP contribution is -2.29. The molecular formula is C22H19FN4O2. The summed E-state index contributed by atoms with van der Waals surface area (Å²) >= 11 is 0. The van der Waals surface area contributed by atoms with Gasteiger partial charge in [0.15, 0.2) is 0 Å². The van der Waals surface area contributed by atoms with E-state index in [1.54, 1.807) is 72.8 Å². The lowest BCUT2D eigenvalue weighted by Gasteiger charge is -2.11. The van der Waals surface area contributed by atoms with E-state index in [0.29, 0.717) is 16.7 Å². The highest BCUT2D eigenvalue weighted by atomic mass is 19.1. The van der Waals surface area contributed by atoms with Gasteiger partial charge in [0.25, 0.3) is 11.8 Å². The lowest BCUT2D eigenvalue weighted by atomic mass is 9.94. The molecule has 0 atom stereocenters. The van der Waals surface area contributed by atoms with Gasteiger partial charge < -0.3 is 0 Å². The van der Waals surface area contributed by atoms with Gasteiger partial charge in [0, 0.05) is 16.7 Å². The quantitative estimate of drug-likeness (QED) is 0.232. The van der Waals surface area contributed by atoms with E-state index in [-0.39, 0.29) is 5.82 Å². The molecule has 0 aromatic heterocycles. The van der Waals surface area contributed by atoms with E-state index in [2.05, 4.69) is 10.9 Å². The fourth-order valence-corrected chi connectivity index (χ4v) is 2.85. The van der Waals surface area contributed by atoms with E-state index in [1.807, 2.05) is 0 Å². The van der Waals surface area contributed by atoms with E-state index in [9.17, 15) is 14.0 Å². The number of nitrogens with one attached hydrogen (secondary N) is 2. The number of rotatable bonds is 5. The predicted molar refractivity (Wildman–Crippen MR) is 110 cm³/mol. The number of hydrogen-bond acceptors (Lipinski definition) is 4. The predicted octanol–water partition coefficient (Wildman–Crippen LogP) is 2.62. The standard InChI is InChI=1S/C22H19FN4O2/c23-20-4-2-1-3-18(20)13-19(14-5-9-16(10-6-14)21(28)26-24)15-7-11-17(12-8-15)22(29)27-25/h1-13H,24-25H2,(H,26,28)(H,27,29). The van der Waals surface area contributed by atoms with Crippen LogP contribution in [0.5, 0.6) is 0 Å². The molecule has 0 saturated heterocycles. The highest BCUT2D eigenvalue weighted by molar-refractivity contribution is 5.97. The van der Waals surface area contributed by atoms with Gasteiger partial charge in [-0.2, -0.15) is 0 Å². The molecule has 29 heavy (non-hydrogen) atoms. The first kappa shape index (κ1) is 19.9. The van der Waals surface area contributed by atoms with Gasteiger partial charge in [-0.15, -0.1) is 0 Å². The van der Waals surface area contributed by atoms with Crippen LogP contribution in [-0.4, -0.2) is 11.8 Å². The van der Waals surface area contributed by atoms with Crippen molar-refractivity contribution in [2.45, 2.75) is 0 Å². The van der Waals surface area contributed by atoms with Crippen LogP contribution in [0, 0.1) is 5.82 Å². The number of amides is 2. The van der Waals surface area contributed by atoms with Crippen LogP contribution in [0.1, 0.15) is 37.4 Å². The van der Waals surface area contributed by atoms with Crippen molar-refractivity contribution in [3.05, 3.63) is 106 Å². The van der Waals surface area contributed by atoms with Gasteiger partial charge in [-0.25, -0.2) is 16.1 Å². The zero-order valence-corrected chi connectivity index (χ0v) is 15.4. The first-order valence-corrected chi connectivity index (χ1v) is 8.72. The first-order chi connectivity index (χ1) is 14.0. The lowest BCUT2D eigenvalue weighted by molar-refractivity contribution is 0.0945. The highest BCUT2D eigenvalue weighted by Crippen LogP contribution is 2.27. The Morgan fingerprint density at radius 2 is 1.10 bits per heavy atom. The van der Waals surface area contributed by atoms with Gasteiger partial charge in [-0.1, -0.05) is 42.5 Å². The molecule has 0 aliphatic carbocycles. The molecule has 3 rings (SSSR count). The maximum absolute atomic E-state index is 14.2. The second-order valence-electron chi connectivity index (χ2n) is 6.18. The Labute approximate surface area is 167 Å². The number of hydrazine groups is 2. The Kier molecular flexibility index (Phi) is 6.13. The maximum Gasteiger partial charge on any atom is 0.265 e. The van der Waals surface area contributed by atoms with Crippen molar-refractivity contribution in [2.75, 3.05) is 0 Å². The number of halogens is 1. The molecule has 3 aromatic rings. The summed E-state index contributed by atoms with van der Waals surface area (Å²) in [7, 11) is 0. The molecule has 2 amide bonds. The van der Waals surface area contributed by atoms with Crippen LogP contribution >= 0.6 is 0 Å². The first-order valence-electron chi connectivity index (χ1n) is 8.72. The van der Waals surface area contributed by atoms with Gasteiger partial charge >= 0.3 is 0 Å². The number of nitrogen functional groups attached to an aromatic ring is 2. The SMILES string of the molecule is NNC(=O)c1ccc(C(=Cc2ccccc2F)c2ccc(C(=O)NN)cc2)cc1. The third-order valence-corrected chi connectivity index (χ3v) is 4.38. The molecular weight excluding hydrogens is 371 g/mol. The minimum Gasteiger partial charge on any atom is -0.290 e. The summed E-state index contributed by atoms with van der Waals surface area (Å²) in [4.78, 5) is 23.4. The Balaban J connectivity index is 2.08. The number of carbonyl (C=O) groups excluding carboxylic acids is 2. The molecule has 6 N–H and O–H groups in total. The van der Waals surface area contributed by atoms with Gasteiger partial charge in [0.2, 0.25) is 0 Å². The third-order valence-electron chi connectivity index (χ3n) is 4.38. The van der Waals surface area contributed by atoms with Crippen molar-refractivity contribution in [3.63, 3.8) is 0 Å². The summed E-state index contributed by atoms with van der Waals surface area (Å²) in [5.41, 5.74) is 7.61.